The van der Waals surface area contributed by atoms with Crippen LogP contribution in [-0.4, -0.2) is 27.4 Å². The first-order valence-electron chi connectivity index (χ1n) is 50.6. The minimum Gasteiger partial charge on any atom is -0.309 e. The summed E-state index contributed by atoms with van der Waals surface area (Å²) < 4.78 is 14.4. The first-order chi connectivity index (χ1) is 72.1. The van der Waals surface area contributed by atoms with Gasteiger partial charge in [-0.05, 0) is 298 Å². The quantitative estimate of drug-likeness (QED) is 0.116. The maximum Gasteiger partial charge on any atom is 0.0541 e. The average Bonchev–Trinajstić information content (AvgIpc) is 1.33. The van der Waals surface area contributed by atoms with E-state index >= 15 is 0 Å². The van der Waals surface area contributed by atoms with Crippen molar-refractivity contribution in [2.75, 3.05) is 0 Å². The Hall–Kier alpha value is -18.9. The lowest BCUT2D eigenvalue weighted by molar-refractivity contribution is 0.591. The fraction of sp³-hybridized carbons (Fsp3) is 0.0286. The lowest BCUT2D eigenvalue weighted by atomic mass is 9.86. The van der Waals surface area contributed by atoms with E-state index in [4.69, 9.17) is 0 Å². The Morgan fingerprint density at radius 2 is 0.356 bits per heavy atom. The standard InChI is InChI=1S/C48H30N2.C46H30N2.C46H36N2/c1-2-12-33(13-3-1)49-45-20-10-8-18-40(45)43-28-31(22-26-47(43)49)32-23-27-48-44(29-32)41-19-9-11-21-46(41)50(48)34-24-25-39-37-16-5-4-14-35(37)36-15-6-7-17-38(36)42(39)30-34;1-2-13-35(14-3-1)47-43-19-8-6-16-39(43)41-29-33(23-27-45(41)47)34-24-28-46-42(30-34)40-17-7-9-20-44(40)48(46)36-25-21-32(22-26-36)38-18-10-12-31-11-4-5-15-37(31)38;1-46(2,3)35-23-26-45-41(30-35)40-29-34(22-25-44(40)47(45)36-16-8-5-9-17-36)33-21-24-43-39(28-33)38-19-10-11-20-42(38)48(43)37-18-12-15-32(27-37)31-13-6-4-7-14-31/h1-30H;1-30H;4-30H,1-3H3. The molecule has 0 aliphatic heterocycles. The average molecular weight is 1860 g/mol. The highest BCUT2D eigenvalue weighted by atomic mass is 15.0. The Kier molecular flexibility index (Phi) is 20.1. The summed E-state index contributed by atoms with van der Waals surface area (Å²) in [6, 6.07) is 193. The zero-order chi connectivity index (χ0) is 96.8. The van der Waals surface area contributed by atoms with Gasteiger partial charge in [-0.25, -0.2) is 0 Å². The van der Waals surface area contributed by atoms with Gasteiger partial charge in [-0.2, -0.15) is 0 Å². The van der Waals surface area contributed by atoms with Crippen molar-refractivity contribution in [3.05, 3.63) is 533 Å². The molecule has 6 heteroatoms. The van der Waals surface area contributed by atoms with E-state index in [-0.39, 0.29) is 5.41 Å². The summed E-state index contributed by atoms with van der Waals surface area (Å²) in [5, 5.41) is 25.5. The molecule has 146 heavy (non-hydrogen) atoms. The highest BCUT2D eigenvalue weighted by molar-refractivity contribution is 6.26. The number of rotatable bonds is 11. The van der Waals surface area contributed by atoms with E-state index in [1.807, 2.05) is 0 Å². The first-order valence-corrected chi connectivity index (χ1v) is 50.6. The molecule has 0 atom stereocenters. The monoisotopic (exact) mass is 1860 g/mol. The van der Waals surface area contributed by atoms with E-state index in [1.54, 1.807) is 0 Å². The third kappa shape index (κ3) is 14.1. The lowest BCUT2D eigenvalue weighted by Crippen LogP contribution is -2.10. The van der Waals surface area contributed by atoms with Crippen LogP contribution in [-0.2, 0) is 5.41 Å². The van der Waals surface area contributed by atoms with Gasteiger partial charge in [-0.3, -0.25) is 0 Å². The zero-order valence-corrected chi connectivity index (χ0v) is 80.9. The van der Waals surface area contributed by atoms with Gasteiger partial charge in [0, 0.05) is 98.8 Å². The first kappa shape index (κ1) is 85.1. The molecule has 30 aromatic rings. The Morgan fingerprint density at radius 3 is 0.733 bits per heavy atom. The molecule has 30 rings (SSSR count). The van der Waals surface area contributed by atoms with Gasteiger partial charge >= 0.3 is 0 Å². The van der Waals surface area contributed by atoms with Gasteiger partial charge in [0.1, 0.15) is 0 Å². The Balaban J connectivity index is 0.000000106. The van der Waals surface area contributed by atoms with Crippen LogP contribution in [0.5, 0.6) is 0 Å². The van der Waals surface area contributed by atoms with Crippen LogP contribution in [0.2, 0.25) is 0 Å². The Bertz CT molecular complexity index is 10400. The van der Waals surface area contributed by atoms with Crippen molar-refractivity contribution >= 4 is 174 Å². The minimum atomic E-state index is 0.0623. The molecule has 0 N–H and O–H groups in total. The van der Waals surface area contributed by atoms with E-state index in [2.05, 4.69) is 576 Å². The zero-order valence-electron chi connectivity index (χ0n) is 80.9. The van der Waals surface area contributed by atoms with Gasteiger partial charge in [0.25, 0.3) is 0 Å². The SMILES string of the molecule is CC(C)(C)c1ccc2c(c1)c1cc(-c3ccc4c(c3)c3ccccc3n4-c3cccc(-c4ccccc4)c3)ccc1n2-c1ccccc1.c1ccc(-n2c3ccccc3c3cc(-c4ccc5c(c4)c4ccccc4n5-c4ccc(-c5cccc6ccccc56)cc4)ccc32)cc1.c1ccc(-n2c3ccccc3c3cc(-c4ccc5c(c4)c4ccccc4n5-c4ccc5c6ccccc6c6ccccc6c5c4)ccc32)cc1. The number of aromatic nitrogens is 6. The van der Waals surface area contributed by atoms with Crippen LogP contribution in [0, 0.1) is 0 Å². The van der Waals surface area contributed by atoms with Gasteiger partial charge in [-0.1, -0.05) is 360 Å². The lowest BCUT2D eigenvalue weighted by Gasteiger charge is -2.19. The topological polar surface area (TPSA) is 29.6 Å². The molecule has 0 unspecified atom stereocenters. The summed E-state index contributed by atoms with van der Waals surface area (Å²) in [5.74, 6) is 0. The highest BCUT2D eigenvalue weighted by Crippen LogP contribution is 2.47. The van der Waals surface area contributed by atoms with Gasteiger partial charge in [0.15, 0.2) is 0 Å². The third-order valence-electron chi connectivity index (χ3n) is 30.5. The molecule has 0 fully saturated rings. The third-order valence-corrected chi connectivity index (χ3v) is 30.5. The van der Waals surface area contributed by atoms with E-state index in [0.717, 1.165) is 5.69 Å². The predicted molar refractivity (Wildman–Crippen MR) is 621 cm³/mol. The highest BCUT2D eigenvalue weighted by Gasteiger charge is 2.25. The Labute approximate surface area is 844 Å². The molecular formula is C140H96N6. The normalized spacial score (nSPS) is 11.9. The molecule has 6 aromatic heterocycles. The van der Waals surface area contributed by atoms with Crippen LogP contribution in [0.3, 0.4) is 0 Å². The minimum absolute atomic E-state index is 0.0623. The number of fused-ring (bicyclic) bond motifs is 25. The number of hydrogen-bond acceptors (Lipinski definition) is 0. The molecule has 6 heterocycles. The van der Waals surface area contributed by atoms with Crippen molar-refractivity contribution in [1.29, 1.82) is 0 Å². The number of nitrogens with zero attached hydrogens (tertiary/aromatic N) is 6. The van der Waals surface area contributed by atoms with Crippen molar-refractivity contribution in [1.82, 2.24) is 27.4 Å². The van der Waals surface area contributed by atoms with E-state index in [1.165, 1.54) is 264 Å². The summed E-state index contributed by atoms with van der Waals surface area (Å²) in [5.41, 5.74) is 35.3. The van der Waals surface area contributed by atoms with Crippen molar-refractivity contribution in [3.63, 3.8) is 0 Å². The van der Waals surface area contributed by atoms with Crippen molar-refractivity contribution < 1.29 is 0 Å². The summed E-state index contributed by atoms with van der Waals surface area (Å²) in [7, 11) is 0. The van der Waals surface area contributed by atoms with Crippen LogP contribution >= 0.6 is 0 Å². The maximum atomic E-state index is 2.44. The molecule has 0 saturated carbocycles. The maximum absolute atomic E-state index is 2.44. The summed E-state index contributed by atoms with van der Waals surface area (Å²) in [4.78, 5) is 0. The second-order valence-corrected chi connectivity index (χ2v) is 39.8. The summed E-state index contributed by atoms with van der Waals surface area (Å²) in [6.07, 6.45) is 0. The molecule has 24 aromatic carbocycles. The van der Waals surface area contributed by atoms with Crippen LogP contribution in [0.1, 0.15) is 26.3 Å². The van der Waals surface area contributed by atoms with Crippen molar-refractivity contribution in [2.45, 2.75) is 26.2 Å². The van der Waals surface area contributed by atoms with Crippen LogP contribution in [0.4, 0.5) is 0 Å². The number of benzene rings is 24. The molecule has 0 saturated heterocycles. The smallest absolute Gasteiger partial charge is 0.0541 e. The molecule has 0 aliphatic carbocycles. The molecule has 6 nitrogen and oxygen atoms in total. The second-order valence-electron chi connectivity index (χ2n) is 39.8. The Morgan fingerprint density at radius 1 is 0.123 bits per heavy atom. The molecular weight excluding hydrogens is 1770 g/mol. The largest absolute Gasteiger partial charge is 0.309 e. The van der Waals surface area contributed by atoms with Crippen LogP contribution < -0.4 is 0 Å². The molecule has 0 radical (unpaired) electrons. The van der Waals surface area contributed by atoms with Crippen molar-refractivity contribution in [2.24, 2.45) is 0 Å². The molecule has 0 aliphatic rings. The van der Waals surface area contributed by atoms with E-state index in [0.29, 0.717) is 0 Å². The van der Waals surface area contributed by atoms with Crippen LogP contribution in [0.15, 0.2) is 528 Å². The van der Waals surface area contributed by atoms with Crippen LogP contribution in [0.25, 0.3) is 264 Å². The fourth-order valence-electron chi connectivity index (χ4n) is 23.6. The van der Waals surface area contributed by atoms with E-state index in [9.17, 15) is 0 Å². The molecule has 0 spiro atoms. The van der Waals surface area contributed by atoms with Gasteiger partial charge in [0.2, 0.25) is 0 Å². The molecule has 686 valence electrons. The van der Waals surface area contributed by atoms with Gasteiger partial charge in [0.05, 0.1) is 66.2 Å². The van der Waals surface area contributed by atoms with Gasteiger partial charge < -0.3 is 27.4 Å². The molecule has 0 amide bonds. The van der Waals surface area contributed by atoms with E-state index < -0.39 is 0 Å². The summed E-state index contributed by atoms with van der Waals surface area (Å²) in [6.45, 7) is 6.87. The fourth-order valence-corrected chi connectivity index (χ4v) is 23.6. The number of para-hydroxylation sites is 8. The summed E-state index contributed by atoms with van der Waals surface area (Å²) >= 11 is 0. The van der Waals surface area contributed by atoms with Gasteiger partial charge in [-0.15, -0.1) is 0 Å². The predicted octanol–water partition coefficient (Wildman–Crippen LogP) is 37.9. The van der Waals surface area contributed by atoms with Crippen molar-refractivity contribution in [3.8, 4) is 89.8 Å². The second kappa shape index (κ2) is 34.5. The number of hydrogen-bond donors (Lipinski definition) is 0. The molecule has 0 bridgehead atoms.